The Morgan fingerprint density at radius 1 is 1.42 bits per heavy atom. The maximum Gasteiger partial charge on any atom is 0.151 e. The molecule has 1 aromatic rings. The minimum Gasteiger partial charge on any atom is -0.237 e. The first-order valence-corrected chi connectivity index (χ1v) is 4.15. The van der Waals surface area contributed by atoms with Gasteiger partial charge in [-0.2, -0.15) is 0 Å². The van der Waals surface area contributed by atoms with Crippen LogP contribution in [-0.4, -0.2) is 9.97 Å². The van der Waals surface area contributed by atoms with Gasteiger partial charge in [-0.1, -0.05) is 20.4 Å². The first kappa shape index (κ1) is 8.91. The smallest absolute Gasteiger partial charge is 0.151 e. The molecule has 0 spiro atoms. The average molecular weight is 162 g/mol. The van der Waals surface area contributed by atoms with E-state index in [4.69, 9.17) is 0 Å². The Hall–Kier alpha value is -1.18. The van der Waals surface area contributed by atoms with Gasteiger partial charge in [-0.05, 0) is 24.0 Å². The maximum atomic E-state index is 4.12. The molecule has 0 unspecified atom stereocenters. The van der Waals surface area contributed by atoms with Crippen molar-refractivity contribution in [2.45, 2.75) is 20.3 Å². The molecule has 0 aromatic carbocycles. The normalized spacial score (nSPS) is 10.2. The molecule has 0 aliphatic rings. The molecule has 0 amide bonds. The van der Waals surface area contributed by atoms with Crippen LogP contribution in [0.15, 0.2) is 19.0 Å². The van der Waals surface area contributed by atoms with E-state index in [0.29, 0.717) is 11.7 Å². The SMILES string of the molecule is C=Cc1ncc(CC(C)C)cn1. The molecular weight excluding hydrogens is 148 g/mol. The van der Waals surface area contributed by atoms with Crippen LogP contribution in [0.3, 0.4) is 0 Å². The molecule has 1 heterocycles. The van der Waals surface area contributed by atoms with Gasteiger partial charge in [0.05, 0.1) is 0 Å². The van der Waals surface area contributed by atoms with Gasteiger partial charge in [0.15, 0.2) is 5.82 Å². The maximum absolute atomic E-state index is 4.12. The highest BCUT2D eigenvalue weighted by Gasteiger charge is 1.97. The van der Waals surface area contributed by atoms with E-state index in [-0.39, 0.29) is 0 Å². The van der Waals surface area contributed by atoms with Crippen molar-refractivity contribution >= 4 is 6.08 Å². The average Bonchev–Trinajstić information content (AvgIpc) is 2.05. The number of hydrogen-bond donors (Lipinski definition) is 0. The summed E-state index contributed by atoms with van der Waals surface area (Å²) < 4.78 is 0. The summed E-state index contributed by atoms with van der Waals surface area (Å²) in [5, 5.41) is 0. The van der Waals surface area contributed by atoms with Gasteiger partial charge in [0.1, 0.15) is 0 Å². The van der Waals surface area contributed by atoms with E-state index in [9.17, 15) is 0 Å². The van der Waals surface area contributed by atoms with Gasteiger partial charge in [0.2, 0.25) is 0 Å². The van der Waals surface area contributed by atoms with Crippen molar-refractivity contribution in [2.24, 2.45) is 5.92 Å². The third kappa shape index (κ3) is 2.46. The van der Waals surface area contributed by atoms with E-state index < -0.39 is 0 Å². The second kappa shape index (κ2) is 4.00. The number of aromatic nitrogens is 2. The molecular formula is C10H14N2. The molecule has 0 N–H and O–H groups in total. The van der Waals surface area contributed by atoms with Crippen LogP contribution in [0, 0.1) is 5.92 Å². The molecule has 0 atom stereocenters. The fraction of sp³-hybridized carbons (Fsp3) is 0.400. The van der Waals surface area contributed by atoms with Gasteiger partial charge in [0, 0.05) is 12.4 Å². The minimum atomic E-state index is 0.656. The highest BCUT2D eigenvalue weighted by atomic mass is 14.8. The number of rotatable bonds is 3. The van der Waals surface area contributed by atoms with Crippen LogP contribution in [0.1, 0.15) is 25.2 Å². The van der Waals surface area contributed by atoms with Crippen LogP contribution >= 0.6 is 0 Å². The Kier molecular flexibility index (Phi) is 2.97. The Balaban J connectivity index is 2.71. The van der Waals surface area contributed by atoms with Crippen LogP contribution in [0.25, 0.3) is 6.08 Å². The van der Waals surface area contributed by atoms with Gasteiger partial charge < -0.3 is 0 Å². The second-order valence-corrected chi connectivity index (χ2v) is 3.25. The zero-order valence-electron chi connectivity index (χ0n) is 7.62. The van der Waals surface area contributed by atoms with Crippen molar-refractivity contribution in [1.29, 1.82) is 0 Å². The summed E-state index contributed by atoms with van der Waals surface area (Å²) in [6.45, 7) is 7.96. The fourth-order valence-electron chi connectivity index (χ4n) is 1.05. The highest BCUT2D eigenvalue weighted by Crippen LogP contribution is 2.05. The Bertz CT molecular complexity index is 249. The lowest BCUT2D eigenvalue weighted by Gasteiger charge is -2.02. The molecule has 1 aromatic heterocycles. The van der Waals surface area contributed by atoms with Crippen molar-refractivity contribution < 1.29 is 0 Å². The molecule has 0 saturated heterocycles. The molecule has 12 heavy (non-hydrogen) atoms. The summed E-state index contributed by atoms with van der Waals surface area (Å²) in [4.78, 5) is 8.24. The predicted octanol–water partition coefficient (Wildman–Crippen LogP) is 2.32. The zero-order valence-corrected chi connectivity index (χ0v) is 7.62. The molecule has 0 radical (unpaired) electrons. The van der Waals surface area contributed by atoms with Crippen LogP contribution in [0.4, 0.5) is 0 Å². The van der Waals surface area contributed by atoms with Crippen molar-refractivity contribution in [1.82, 2.24) is 9.97 Å². The lowest BCUT2D eigenvalue weighted by atomic mass is 10.1. The summed E-state index contributed by atoms with van der Waals surface area (Å²) in [5.41, 5.74) is 1.19. The van der Waals surface area contributed by atoms with Gasteiger partial charge in [-0.3, -0.25) is 0 Å². The molecule has 0 aliphatic carbocycles. The van der Waals surface area contributed by atoms with E-state index in [1.54, 1.807) is 6.08 Å². The lowest BCUT2D eigenvalue weighted by Crippen LogP contribution is -1.96. The lowest BCUT2D eigenvalue weighted by molar-refractivity contribution is 0.643. The first-order chi connectivity index (χ1) is 5.72. The van der Waals surface area contributed by atoms with E-state index in [0.717, 1.165) is 6.42 Å². The summed E-state index contributed by atoms with van der Waals surface area (Å²) in [7, 11) is 0. The molecule has 0 aliphatic heterocycles. The fourth-order valence-corrected chi connectivity index (χ4v) is 1.05. The summed E-state index contributed by atoms with van der Waals surface area (Å²) in [6, 6.07) is 0. The van der Waals surface area contributed by atoms with Crippen LogP contribution < -0.4 is 0 Å². The monoisotopic (exact) mass is 162 g/mol. The Labute approximate surface area is 73.4 Å². The molecule has 0 bridgehead atoms. The molecule has 0 saturated carbocycles. The third-order valence-corrected chi connectivity index (χ3v) is 1.55. The summed E-state index contributed by atoms with van der Waals surface area (Å²) >= 11 is 0. The van der Waals surface area contributed by atoms with Gasteiger partial charge in [-0.25, -0.2) is 9.97 Å². The molecule has 2 nitrogen and oxygen atoms in total. The van der Waals surface area contributed by atoms with Crippen LogP contribution in [-0.2, 0) is 6.42 Å². The van der Waals surface area contributed by atoms with Gasteiger partial charge >= 0.3 is 0 Å². The minimum absolute atomic E-state index is 0.656. The van der Waals surface area contributed by atoms with Crippen molar-refractivity contribution in [3.8, 4) is 0 Å². The van der Waals surface area contributed by atoms with E-state index in [1.807, 2.05) is 12.4 Å². The van der Waals surface area contributed by atoms with Crippen LogP contribution in [0.2, 0.25) is 0 Å². The molecule has 64 valence electrons. The summed E-state index contributed by atoms with van der Waals surface area (Å²) in [5.74, 6) is 1.35. The zero-order chi connectivity index (χ0) is 8.97. The van der Waals surface area contributed by atoms with E-state index in [2.05, 4.69) is 30.4 Å². The van der Waals surface area contributed by atoms with Crippen molar-refractivity contribution in [2.75, 3.05) is 0 Å². The van der Waals surface area contributed by atoms with Crippen LogP contribution in [0.5, 0.6) is 0 Å². The highest BCUT2D eigenvalue weighted by molar-refractivity contribution is 5.35. The van der Waals surface area contributed by atoms with E-state index in [1.165, 1.54) is 5.56 Å². The molecule has 2 heteroatoms. The summed E-state index contributed by atoms with van der Waals surface area (Å²) in [6.07, 6.45) is 6.42. The van der Waals surface area contributed by atoms with E-state index >= 15 is 0 Å². The first-order valence-electron chi connectivity index (χ1n) is 4.15. The van der Waals surface area contributed by atoms with Gasteiger partial charge in [-0.15, -0.1) is 0 Å². The third-order valence-electron chi connectivity index (χ3n) is 1.55. The molecule has 0 fully saturated rings. The van der Waals surface area contributed by atoms with Crippen molar-refractivity contribution in [3.05, 3.63) is 30.4 Å². The standard InChI is InChI=1S/C10H14N2/c1-4-10-11-6-9(7-12-10)5-8(2)3/h4,6-8H,1,5H2,2-3H3. The molecule has 1 rings (SSSR count). The predicted molar refractivity (Wildman–Crippen MR) is 50.7 cm³/mol. The quantitative estimate of drug-likeness (QED) is 0.681. The van der Waals surface area contributed by atoms with Crippen molar-refractivity contribution in [3.63, 3.8) is 0 Å². The largest absolute Gasteiger partial charge is 0.237 e. The Morgan fingerprint density at radius 3 is 2.42 bits per heavy atom. The number of hydrogen-bond acceptors (Lipinski definition) is 2. The number of nitrogens with zero attached hydrogens (tertiary/aromatic N) is 2. The second-order valence-electron chi connectivity index (χ2n) is 3.25. The topological polar surface area (TPSA) is 25.8 Å². The Morgan fingerprint density at radius 2 is 2.00 bits per heavy atom. The van der Waals surface area contributed by atoms with Gasteiger partial charge in [0.25, 0.3) is 0 Å².